The third kappa shape index (κ3) is 13.4. The summed E-state index contributed by atoms with van der Waals surface area (Å²) in [5, 5.41) is 0. The topological polar surface area (TPSA) is 119 Å². The monoisotopic (exact) mass is 507 g/mol. The Labute approximate surface area is 212 Å². The van der Waals surface area contributed by atoms with Crippen molar-refractivity contribution in [2.45, 2.75) is 83.5 Å². The number of nitrogens with two attached hydrogens (primary N) is 2. The maximum absolute atomic E-state index is 11.3. The molecule has 0 saturated heterocycles. The molecule has 198 valence electrons. The summed E-state index contributed by atoms with van der Waals surface area (Å²) in [5.41, 5.74) is 11.8. The van der Waals surface area contributed by atoms with E-state index in [1.165, 1.54) is 89.6 Å². The standard InChI is InChI=1S/C15H33N.C12H12N2O4S/c1-4-7-10-13-16(14-11-8-5-2)15-12-9-6-3;13-8-1-4-10(5-2-8)18-11-6-3-9(14)7-12(11)19(15,16)17/h4-15H2,1-3H3;1-7H,13-14H2,(H,15,16,17). The molecule has 0 saturated carbocycles. The molecule has 0 aliphatic carbocycles. The normalized spacial score (nSPS) is 11.2. The number of hydrogen-bond donors (Lipinski definition) is 3. The van der Waals surface area contributed by atoms with Gasteiger partial charge in [-0.3, -0.25) is 4.55 Å². The van der Waals surface area contributed by atoms with Gasteiger partial charge in [0.25, 0.3) is 10.1 Å². The Balaban J connectivity index is 0.000000357. The van der Waals surface area contributed by atoms with E-state index in [0.717, 1.165) is 6.07 Å². The summed E-state index contributed by atoms with van der Waals surface area (Å²) in [5.74, 6) is 0.380. The quantitative estimate of drug-likeness (QED) is 0.139. The molecule has 35 heavy (non-hydrogen) atoms. The second-order valence-electron chi connectivity index (χ2n) is 8.82. The maximum atomic E-state index is 11.3. The summed E-state index contributed by atoms with van der Waals surface area (Å²) in [6, 6.07) is 10.4. The molecular formula is C27H45N3O4S. The molecule has 2 aromatic carbocycles. The molecule has 0 aliphatic heterocycles. The Bertz CT molecular complexity index is 910. The molecule has 2 rings (SSSR count). The third-order valence-electron chi connectivity index (χ3n) is 5.59. The summed E-state index contributed by atoms with van der Waals surface area (Å²) < 4.78 is 37.0. The van der Waals surface area contributed by atoms with E-state index in [4.69, 9.17) is 20.8 Å². The molecule has 0 aromatic heterocycles. The average molecular weight is 508 g/mol. The van der Waals surface area contributed by atoms with Crippen LogP contribution in [0, 0.1) is 0 Å². The molecular weight excluding hydrogens is 462 g/mol. The van der Waals surface area contributed by atoms with E-state index in [1.807, 2.05) is 0 Å². The second kappa shape index (κ2) is 17.2. The van der Waals surface area contributed by atoms with Crippen LogP contribution in [-0.4, -0.2) is 37.5 Å². The highest BCUT2D eigenvalue weighted by Gasteiger charge is 2.17. The van der Waals surface area contributed by atoms with Crippen molar-refractivity contribution in [2.75, 3.05) is 31.1 Å². The Kier molecular flexibility index (Phi) is 15.1. The van der Waals surface area contributed by atoms with Gasteiger partial charge in [-0.1, -0.05) is 59.3 Å². The first-order valence-corrected chi connectivity index (χ1v) is 14.3. The van der Waals surface area contributed by atoms with Crippen LogP contribution in [-0.2, 0) is 10.1 Å². The SMILES string of the molecule is CCCCCN(CCCCC)CCCCC.Nc1ccc(Oc2ccc(N)cc2S(=O)(=O)O)cc1. The van der Waals surface area contributed by atoms with Crippen molar-refractivity contribution in [2.24, 2.45) is 0 Å². The van der Waals surface area contributed by atoms with Gasteiger partial charge in [-0.15, -0.1) is 0 Å². The zero-order valence-corrected chi connectivity index (χ0v) is 22.5. The van der Waals surface area contributed by atoms with Gasteiger partial charge in [-0.05, 0) is 81.4 Å². The molecule has 8 heteroatoms. The van der Waals surface area contributed by atoms with Crippen molar-refractivity contribution in [1.29, 1.82) is 0 Å². The molecule has 0 atom stereocenters. The number of hydrogen-bond acceptors (Lipinski definition) is 6. The lowest BCUT2D eigenvalue weighted by molar-refractivity contribution is 0.256. The van der Waals surface area contributed by atoms with E-state index < -0.39 is 10.1 Å². The fourth-order valence-electron chi connectivity index (χ4n) is 3.57. The van der Waals surface area contributed by atoms with Crippen LogP contribution >= 0.6 is 0 Å². The van der Waals surface area contributed by atoms with Crippen molar-refractivity contribution in [3.63, 3.8) is 0 Å². The van der Waals surface area contributed by atoms with E-state index in [9.17, 15) is 8.42 Å². The first-order chi connectivity index (χ1) is 16.7. The fourth-order valence-corrected chi connectivity index (χ4v) is 4.21. The van der Waals surface area contributed by atoms with Crippen LogP contribution in [0.1, 0.15) is 78.6 Å². The summed E-state index contributed by atoms with van der Waals surface area (Å²) in [4.78, 5) is 2.31. The lowest BCUT2D eigenvalue weighted by Crippen LogP contribution is -2.27. The first kappa shape index (κ1) is 30.7. The van der Waals surface area contributed by atoms with Crippen LogP contribution in [0.3, 0.4) is 0 Å². The number of ether oxygens (including phenoxy) is 1. The predicted molar refractivity (Wildman–Crippen MR) is 147 cm³/mol. The van der Waals surface area contributed by atoms with Crippen molar-refractivity contribution in [3.8, 4) is 11.5 Å². The van der Waals surface area contributed by atoms with Crippen molar-refractivity contribution >= 4 is 21.5 Å². The van der Waals surface area contributed by atoms with Gasteiger partial charge in [-0.25, -0.2) is 0 Å². The minimum Gasteiger partial charge on any atom is -0.456 e. The summed E-state index contributed by atoms with van der Waals surface area (Å²) in [7, 11) is -4.41. The molecule has 0 amide bonds. The number of anilines is 2. The van der Waals surface area contributed by atoms with E-state index in [0.29, 0.717) is 11.4 Å². The van der Waals surface area contributed by atoms with Crippen LogP contribution in [0.4, 0.5) is 11.4 Å². The Hall–Kier alpha value is -2.29. The highest BCUT2D eigenvalue weighted by Crippen LogP contribution is 2.30. The Morgan fingerprint density at radius 3 is 1.63 bits per heavy atom. The first-order valence-electron chi connectivity index (χ1n) is 12.8. The van der Waals surface area contributed by atoms with E-state index in [2.05, 4.69) is 25.7 Å². The summed E-state index contributed by atoms with van der Waals surface area (Å²) in [6.45, 7) is 10.9. The molecule has 0 aliphatic rings. The predicted octanol–water partition coefficient (Wildman–Crippen LogP) is 6.75. The number of nitrogen functional groups attached to an aromatic ring is 2. The van der Waals surface area contributed by atoms with Gasteiger partial charge < -0.3 is 21.1 Å². The lowest BCUT2D eigenvalue weighted by atomic mass is 10.2. The van der Waals surface area contributed by atoms with Gasteiger partial charge >= 0.3 is 0 Å². The molecule has 0 heterocycles. The number of unbranched alkanes of at least 4 members (excludes halogenated alkanes) is 6. The van der Waals surface area contributed by atoms with Gasteiger partial charge in [0.2, 0.25) is 0 Å². The highest BCUT2D eigenvalue weighted by molar-refractivity contribution is 7.86. The Morgan fingerprint density at radius 1 is 0.743 bits per heavy atom. The van der Waals surface area contributed by atoms with Crippen LogP contribution in [0.25, 0.3) is 0 Å². The van der Waals surface area contributed by atoms with E-state index in [1.54, 1.807) is 24.3 Å². The molecule has 0 bridgehead atoms. The van der Waals surface area contributed by atoms with E-state index in [-0.39, 0.29) is 16.3 Å². The van der Waals surface area contributed by atoms with Crippen LogP contribution in [0.15, 0.2) is 47.4 Å². The summed E-state index contributed by atoms with van der Waals surface area (Å²) >= 11 is 0. The second-order valence-corrected chi connectivity index (χ2v) is 10.2. The van der Waals surface area contributed by atoms with Crippen LogP contribution < -0.4 is 16.2 Å². The number of nitrogens with zero attached hydrogens (tertiary/aromatic N) is 1. The molecule has 0 spiro atoms. The van der Waals surface area contributed by atoms with E-state index >= 15 is 0 Å². The van der Waals surface area contributed by atoms with Gasteiger partial charge in [-0.2, -0.15) is 8.42 Å². The minimum absolute atomic E-state index is 0.0125. The van der Waals surface area contributed by atoms with Gasteiger partial charge in [0.1, 0.15) is 16.4 Å². The molecule has 0 fully saturated rings. The zero-order valence-electron chi connectivity index (χ0n) is 21.7. The lowest BCUT2D eigenvalue weighted by Gasteiger charge is -2.22. The largest absolute Gasteiger partial charge is 0.456 e. The minimum atomic E-state index is -4.41. The molecule has 2 aromatic rings. The van der Waals surface area contributed by atoms with Gasteiger partial charge in [0, 0.05) is 11.4 Å². The van der Waals surface area contributed by atoms with Gasteiger partial charge in [0.05, 0.1) is 0 Å². The molecule has 0 radical (unpaired) electrons. The number of rotatable bonds is 15. The van der Waals surface area contributed by atoms with Crippen molar-refractivity contribution < 1.29 is 17.7 Å². The Morgan fingerprint density at radius 2 is 1.20 bits per heavy atom. The van der Waals surface area contributed by atoms with Crippen molar-refractivity contribution in [1.82, 2.24) is 4.90 Å². The molecule has 7 nitrogen and oxygen atoms in total. The molecule has 0 unspecified atom stereocenters. The fraction of sp³-hybridized carbons (Fsp3) is 0.556. The molecule has 5 N–H and O–H groups in total. The van der Waals surface area contributed by atoms with Crippen LogP contribution in [0.2, 0.25) is 0 Å². The average Bonchev–Trinajstić information content (AvgIpc) is 2.81. The highest BCUT2D eigenvalue weighted by atomic mass is 32.2. The number of benzene rings is 2. The summed E-state index contributed by atoms with van der Waals surface area (Å²) in [6.07, 6.45) is 12.4. The smallest absolute Gasteiger partial charge is 0.298 e. The zero-order chi connectivity index (χ0) is 26.1. The van der Waals surface area contributed by atoms with Gasteiger partial charge in [0.15, 0.2) is 0 Å². The maximum Gasteiger partial charge on any atom is 0.298 e. The van der Waals surface area contributed by atoms with Crippen molar-refractivity contribution in [3.05, 3.63) is 42.5 Å². The van der Waals surface area contributed by atoms with Crippen LogP contribution in [0.5, 0.6) is 11.5 Å². The third-order valence-corrected chi connectivity index (χ3v) is 6.46.